The molecule has 0 spiro atoms. The second-order valence-electron chi connectivity index (χ2n) is 36.8. The third-order valence-electron chi connectivity index (χ3n) is 26.2. The van der Waals surface area contributed by atoms with Crippen LogP contribution in [0.25, 0.3) is 33.5 Å². The van der Waals surface area contributed by atoms with E-state index in [1.807, 2.05) is 161 Å². The van der Waals surface area contributed by atoms with Crippen LogP contribution in [0.4, 0.5) is 19.4 Å². The number of halogens is 2. The van der Waals surface area contributed by atoms with Gasteiger partial charge in [0.2, 0.25) is 20.0 Å². The van der Waals surface area contributed by atoms with E-state index in [0.29, 0.717) is 131 Å². The van der Waals surface area contributed by atoms with Gasteiger partial charge in [0, 0.05) is 211 Å². The zero-order chi connectivity index (χ0) is 104. The molecule has 8 aromatic carbocycles. The Kier molecular flexibility index (Phi) is 38.9. The molecule has 6 unspecified atom stereocenters. The molecule has 35 nitrogen and oxygen atoms in total. The van der Waals surface area contributed by atoms with E-state index < -0.39 is 37.7 Å². The number of likely N-dealkylation sites (tertiary alicyclic amines) is 7. The quantitative estimate of drug-likeness (QED) is 0.0225. The van der Waals surface area contributed by atoms with Gasteiger partial charge < -0.3 is 66.2 Å². The largest absolute Gasteiger partial charge is 0.347 e. The van der Waals surface area contributed by atoms with E-state index in [0.717, 1.165) is 121 Å². The van der Waals surface area contributed by atoms with Gasteiger partial charge in [-0.2, -0.15) is 36.5 Å². The van der Waals surface area contributed by atoms with Gasteiger partial charge >= 0.3 is 6.03 Å². The number of piperidine rings is 1. The van der Waals surface area contributed by atoms with Crippen molar-refractivity contribution >= 4 is 61.4 Å². The topological polar surface area (TPSA) is 456 Å². The van der Waals surface area contributed by atoms with Gasteiger partial charge in [-0.25, -0.2) is 39.9 Å². The molecule has 764 valence electrons. The minimum absolute atomic E-state index is 0. The fourth-order valence-corrected chi connectivity index (χ4v) is 20.9. The SMILES string of the molecule is C.C#CN1CC(c2ccc(F)c(F)c2)[C@H](NC(=O)Nc2c(C)c(-c3cnn(C)c3)nn2C)C1.C#CN1CC[C@@H](NS(=O)(=O)c2cccc(C(=O)NC3CCN(C#N)C3)c2)C1.Cc1ccc(C(=O)NC2CCN(C#N)C2)cc1.N#CN1CCC(NC(=O)c2ccc(-c3ccccc3)cc2)C1.N#CN1CCC(NC(=O)c2cccc(S(=O)(=O)NC3CCCC3)c2)C1.N#CN1CCCC(NC(=O)c2ccc(-c3ccccc3)cc2)C1. The third kappa shape index (κ3) is 30.9. The Labute approximate surface area is 857 Å². The molecule has 39 heteroatoms. The van der Waals surface area contributed by atoms with Gasteiger partial charge in [-0.15, -0.1) is 0 Å². The summed E-state index contributed by atoms with van der Waals surface area (Å²) in [6, 6.07) is 62.6. The summed E-state index contributed by atoms with van der Waals surface area (Å²) in [5.41, 5.74) is 11.1. The monoisotopic (exact) mass is 2030 g/mol. The smallest absolute Gasteiger partial charge is 0.320 e. The van der Waals surface area contributed by atoms with E-state index >= 15 is 0 Å². The van der Waals surface area contributed by atoms with Crippen molar-refractivity contribution in [3.8, 4) is 89.4 Å². The summed E-state index contributed by atoms with van der Waals surface area (Å²) in [7, 11) is -3.81. The molecular formula is C108H121F2N25O10S2. The lowest BCUT2D eigenvalue weighted by molar-refractivity contribution is 0.0912. The highest BCUT2D eigenvalue weighted by atomic mass is 32.2. The number of aryl methyl sites for hydroxylation is 3. The lowest BCUT2D eigenvalue weighted by Gasteiger charge is -2.29. The number of hydrogen-bond acceptors (Lipinski definition) is 24. The number of carbonyl (C=O) groups excluding carboxylic acids is 6. The zero-order valence-corrected chi connectivity index (χ0v) is 83.2. The van der Waals surface area contributed by atoms with Gasteiger partial charge in [0.25, 0.3) is 29.5 Å². The summed E-state index contributed by atoms with van der Waals surface area (Å²) in [5.74, 6) is -2.48. The van der Waals surface area contributed by atoms with Gasteiger partial charge in [0.15, 0.2) is 42.6 Å². The lowest BCUT2D eigenvalue weighted by Crippen LogP contribution is -2.46. The van der Waals surface area contributed by atoms with Crippen LogP contribution in [0.2, 0.25) is 0 Å². The number of nitrogens with one attached hydrogen (secondary N) is 9. The van der Waals surface area contributed by atoms with Crippen molar-refractivity contribution in [1.29, 1.82) is 26.3 Å². The van der Waals surface area contributed by atoms with Crippen LogP contribution in [0.15, 0.2) is 222 Å². The number of sulfonamides is 2. The third-order valence-corrected chi connectivity index (χ3v) is 29.3. The average Bonchev–Trinajstić information content (AvgIpc) is 1.67. The van der Waals surface area contributed by atoms with Gasteiger partial charge in [-0.05, 0) is 184 Å². The van der Waals surface area contributed by atoms with E-state index in [-0.39, 0.29) is 107 Å². The standard InChI is InChI=1S/C22H23F2N7O.C19H19N3O.C18H21N5O3S.C18H17N3O.C17H22N4O3S.C13H15N3O.CH4/c1-5-31-11-16(14-6-7-17(23)18(24)8-14)19(12-31)26-22(32)27-21-13(2)20(28-30(21)4)15-9-25-29(3)10-15;20-14-22-12-4-7-18(13-22)21-19(23)17-10-8-16(9-11-17)15-5-2-1-3-6-15;1-2-22-8-7-16(12-22)21-27(25,26)17-5-3-4-14(10-17)18(24)20-15-6-9-23(11-15)13-19;19-13-21-11-10-17(12-21)20-18(22)16-8-6-15(7-9-16)14-4-2-1-3-5-14;18-12-21-9-8-15(11-21)19-17(22)13-4-3-7-16(10-13)25(23,24)20-14-5-1-2-6-14;1-10-2-4-11(5-3-10)13(17)15-12-6-7-16(8-12)9-14;/h1,6-10,16,19H,11-12H2,2-4H3,(H2,26,27,32);1-3,5-6,8-11,18H,4,7,12-13H2,(H,21,23);1,3-5,10,15-16,21H,6-9,11-12H2,(H,20,24);1-9,17H,10-12H2,(H,20,22);3-4,7,10,14-15,20H,1-2,5-6,8-9,11H2,(H,19,22);2-5,12H,6-8H2,1H3,(H,15,17);1H4/t16?,19-;;15?,16-;;;;/m1.1..../s1. The molecule has 9 heterocycles. The Morgan fingerprint density at radius 2 is 0.776 bits per heavy atom. The second kappa shape index (κ2) is 52.3. The maximum absolute atomic E-state index is 13.8. The highest BCUT2D eigenvalue weighted by molar-refractivity contribution is 7.89. The number of amides is 7. The predicted molar refractivity (Wildman–Crippen MR) is 552 cm³/mol. The molecule has 8 aliphatic rings. The van der Waals surface area contributed by atoms with Gasteiger partial charge in [-0.1, -0.05) is 154 Å². The van der Waals surface area contributed by atoms with Crippen molar-refractivity contribution in [3.63, 3.8) is 0 Å². The first-order valence-corrected chi connectivity index (χ1v) is 51.2. The van der Waals surface area contributed by atoms with Crippen molar-refractivity contribution in [2.24, 2.45) is 14.1 Å². The van der Waals surface area contributed by atoms with Crippen molar-refractivity contribution in [2.75, 3.05) is 96.9 Å². The zero-order valence-electron chi connectivity index (χ0n) is 81.5. The second-order valence-corrected chi connectivity index (χ2v) is 40.3. The van der Waals surface area contributed by atoms with Crippen molar-refractivity contribution in [3.05, 3.63) is 269 Å². The van der Waals surface area contributed by atoms with Crippen LogP contribution in [0.5, 0.6) is 0 Å². The fraction of sp³-hybridized carbons (Fsp3) is 0.361. The van der Waals surface area contributed by atoms with Gasteiger partial charge in [-0.3, -0.25) is 38.7 Å². The van der Waals surface area contributed by atoms with Crippen LogP contribution in [0, 0.1) is 108 Å². The minimum atomic E-state index is -3.75. The molecule has 8 fully saturated rings. The number of terminal acetylenes is 2. The van der Waals surface area contributed by atoms with Crippen LogP contribution in [0.3, 0.4) is 0 Å². The number of hydrogen-bond donors (Lipinski definition) is 9. The summed E-state index contributed by atoms with van der Waals surface area (Å²) >= 11 is 0. The normalized spacial score (nSPS) is 19.1. The first-order valence-electron chi connectivity index (χ1n) is 48.2. The first-order chi connectivity index (χ1) is 70.3. The van der Waals surface area contributed by atoms with Gasteiger partial charge in [0.1, 0.15) is 11.5 Å². The molecule has 8 atom stereocenters. The molecule has 0 bridgehead atoms. The van der Waals surface area contributed by atoms with E-state index in [2.05, 4.69) is 99.9 Å². The molecule has 2 aromatic heterocycles. The number of urea groups is 1. The number of anilines is 1. The van der Waals surface area contributed by atoms with E-state index in [9.17, 15) is 54.4 Å². The molecule has 9 N–H and O–H groups in total. The molecule has 10 aromatic rings. The Morgan fingerprint density at radius 1 is 0.388 bits per heavy atom. The van der Waals surface area contributed by atoms with Crippen molar-refractivity contribution in [2.45, 2.75) is 156 Å². The Bertz CT molecular complexity index is 6810. The van der Waals surface area contributed by atoms with Crippen LogP contribution in [-0.4, -0.2) is 246 Å². The van der Waals surface area contributed by atoms with Crippen LogP contribution in [0.1, 0.15) is 152 Å². The number of rotatable bonds is 22. The summed E-state index contributed by atoms with van der Waals surface area (Å²) in [5, 5.41) is 73.4. The molecule has 1 saturated carbocycles. The Balaban J connectivity index is 0.000000158. The maximum atomic E-state index is 13.8. The molecule has 7 amide bonds. The van der Waals surface area contributed by atoms with E-state index in [4.69, 9.17) is 39.2 Å². The number of benzene rings is 8. The molecule has 147 heavy (non-hydrogen) atoms. The van der Waals surface area contributed by atoms with Gasteiger partial charge in [0.05, 0.1) is 22.0 Å². The summed E-state index contributed by atoms with van der Waals surface area (Å²) in [4.78, 5) is 85.9. The Morgan fingerprint density at radius 3 is 1.18 bits per heavy atom. The highest BCUT2D eigenvalue weighted by Gasteiger charge is 2.37. The molecule has 0 radical (unpaired) electrons. The fourth-order valence-electron chi connectivity index (χ4n) is 18.3. The van der Waals surface area contributed by atoms with Crippen molar-refractivity contribution in [1.82, 2.24) is 95.2 Å². The number of nitriles is 5. The summed E-state index contributed by atoms with van der Waals surface area (Å²) < 4.78 is 86.1. The first kappa shape index (κ1) is 109. The Hall–Kier alpha value is -16.4. The maximum Gasteiger partial charge on any atom is 0.320 e. The summed E-state index contributed by atoms with van der Waals surface area (Å²) in [6.45, 7) is 12.0. The highest BCUT2D eigenvalue weighted by Crippen LogP contribution is 2.33. The number of nitrogens with zero attached hydrogens (tertiary/aromatic N) is 16. The summed E-state index contributed by atoms with van der Waals surface area (Å²) in [6.07, 6.45) is 34.3. The van der Waals surface area contributed by atoms with Crippen molar-refractivity contribution < 1.29 is 54.4 Å². The van der Waals surface area contributed by atoms with E-state index in [1.54, 1.807) is 81.2 Å². The van der Waals surface area contributed by atoms with Crippen LogP contribution < -0.4 is 46.7 Å². The number of carbonyl (C=O) groups is 6. The molecule has 1 aliphatic carbocycles. The van der Waals surface area contributed by atoms with Crippen LogP contribution >= 0.6 is 0 Å². The molecule has 7 saturated heterocycles. The predicted octanol–water partition coefficient (Wildman–Crippen LogP) is 11.3. The average molecular weight is 2030 g/mol. The van der Waals surface area contributed by atoms with Crippen LogP contribution in [-0.2, 0) is 34.1 Å². The lowest BCUT2D eigenvalue weighted by atomic mass is 9.94. The molecule has 7 aliphatic heterocycles. The van der Waals surface area contributed by atoms with E-state index in [1.165, 1.54) is 30.3 Å². The molecule has 18 rings (SSSR count). The number of aromatic nitrogens is 4. The minimum Gasteiger partial charge on any atom is -0.347 e. The molecular weight excluding hydrogens is 1910 g/mol.